The Morgan fingerprint density at radius 2 is 1.59 bits per heavy atom. The Kier molecular flexibility index (Phi) is 5.72. The molecule has 0 N–H and O–H groups in total. The van der Waals surface area contributed by atoms with Crippen LogP contribution in [0.2, 0.25) is 0 Å². The highest BCUT2D eigenvalue weighted by Crippen LogP contribution is 2.38. The Morgan fingerprint density at radius 3 is 2.11 bits per heavy atom. The van der Waals surface area contributed by atoms with Crippen molar-refractivity contribution in [3.8, 4) is 11.5 Å². The van der Waals surface area contributed by atoms with E-state index in [1.165, 1.54) is 32.2 Å². The van der Waals surface area contributed by atoms with Crippen molar-refractivity contribution in [2.24, 2.45) is 0 Å². The predicted molar refractivity (Wildman–Crippen MR) is 83.8 cm³/mol. The number of ether oxygens (including phenoxy) is 2. The second-order valence-electron chi connectivity index (χ2n) is 5.58. The first kappa shape index (κ1) is 20.6. The average Bonchev–Trinajstić information content (AvgIpc) is 2.57. The van der Waals surface area contributed by atoms with Crippen LogP contribution >= 0.6 is 0 Å². The van der Waals surface area contributed by atoms with E-state index in [1.54, 1.807) is 0 Å². The van der Waals surface area contributed by atoms with E-state index in [2.05, 4.69) is 0 Å². The molecule has 2 rings (SSSR count). The summed E-state index contributed by atoms with van der Waals surface area (Å²) >= 11 is 0. The normalized spacial score (nSPS) is 12.0. The molecule has 0 radical (unpaired) electrons. The Balaban J connectivity index is 2.34. The first-order valence-electron chi connectivity index (χ1n) is 7.52. The summed E-state index contributed by atoms with van der Waals surface area (Å²) in [5.41, 5.74) is -2.99. The van der Waals surface area contributed by atoms with Crippen LogP contribution in [0.4, 0.5) is 26.3 Å². The molecule has 0 aliphatic carbocycles. The Labute approximate surface area is 150 Å². The van der Waals surface area contributed by atoms with Gasteiger partial charge in [0.25, 0.3) is 0 Å². The number of carbonyl (C=O) groups is 1. The molecule has 0 saturated carbocycles. The second kappa shape index (κ2) is 7.50. The van der Waals surface area contributed by atoms with Crippen molar-refractivity contribution in [1.82, 2.24) is 0 Å². The van der Waals surface area contributed by atoms with Crippen molar-refractivity contribution in [2.75, 3.05) is 7.11 Å². The first-order valence-corrected chi connectivity index (χ1v) is 7.52. The maximum absolute atomic E-state index is 13.1. The van der Waals surface area contributed by atoms with Crippen LogP contribution in [0.1, 0.15) is 34.0 Å². The van der Waals surface area contributed by atoms with Crippen molar-refractivity contribution >= 4 is 5.78 Å². The highest BCUT2D eigenvalue weighted by atomic mass is 19.4. The fourth-order valence-corrected chi connectivity index (χ4v) is 2.30. The largest absolute Gasteiger partial charge is 0.493 e. The number of halogens is 6. The predicted octanol–water partition coefficient (Wildman–Crippen LogP) is 5.51. The summed E-state index contributed by atoms with van der Waals surface area (Å²) in [6.07, 6.45) is -9.88. The third kappa shape index (κ3) is 4.93. The van der Waals surface area contributed by atoms with Gasteiger partial charge in [-0.05, 0) is 37.3 Å². The molecule has 2 aromatic rings. The average molecular weight is 392 g/mol. The van der Waals surface area contributed by atoms with Gasteiger partial charge >= 0.3 is 12.4 Å². The molecule has 0 spiro atoms. The highest BCUT2D eigenvalue weighted by molar-refractivity contribution is 5.94. The number of rotatable bonds is 5. The molecule has 0 heterocycles. The number of methoxy groups -OCH3 is 1. The third-order valence-electron chi connectivity index (χ3n) is 3.70. The van der Waals surface area contributed by atoms with Gasteiger partial charge in [0, 0.05) is 11.1 Å². The number of ketones is 1. The van der Waals surface area contributed by atoms with E-state index in [-0.39, 0.29) is 23.3 Å². The molecular weight excluding hydrogens is 378 g/mol. The van der Waals surface area contributed by atoms with E-state index in [1.807, 2.05) is 0 Å². The van der Waals surface area contributed by atoms with E-state index in [0.29, 0.717) is 11.6 Å². The smallest absolute Gasteiger partial charge is 0.416 e. The van der Waals surface area contributed by atoms with Crippen molar-refractivity contribution in [3.05, 3.63) is 58.7 Å². The lowest BCUT2D eigenvalue weighted by atomic mass is 10.0. The van der Waals surface area contributed by atoms with Gasteiger partial charge < -0.3 is 9.47 Å². The Bertz CT molecular complexity index is 840. The van der Waals surface area contributed by atoms with E-state index in [9.17, 15) is 31.1 Å². The van der Waals surface area contributed by atoms with Crippen LogP contribution in [-0.4, -0.2) is 12.9 Å². The van der Waals surface area contributed by atoms with Gasteiger partial charge in [-0.1, -0.05) is 6.07 Å². The van der Waals surface area contributed by atoms with Crippen LogP contribution in [0, 0.1) is 0 Å². The monoisotopic (exact) mass is 392 g/mol. The van der Waals surface area contributed by atoms with E-state index in [4.69, 9.17) is 9.47 Å². The quantitative estimate of drug-likeness (QED) is 0.497. The van der Waals surface area contributed by atoms with Gasteiger partial charge in [0.15, 0.2) is 17.3 Å². The van der Waals surface area contributed by atoms with Gasteiger partial charge in [0.2, 0.25) is 0 Å². The number of Topliss-reactive ketones (excluding diaryl/α,β-unsaturated/α-hetero) is 1. The van der Waals surface area contributed by atoms with Crippen LogP contribution < -0.4 is 9.47 Å². The minimum absolute atomic E-state index is 0.0504. The lowest BCUT2D eigenvalue weighted by Crippen LogP contribution is -2.14. The number of carbonyl (C=O) groups excluding carboxylic acids is 1. The van der Waals surface area contributed by atoms with Gasteiger partial charge in [-0.3, -0.25) is 4.79 Å². The standard InChI is InChI=1S/C18H14F6O3/c1-10(25)11-4-6-15(16(7-11)26-2)27-9-12-3-5-13(17(19,20)21)8-14(12)18(22,23)24/h3-8H,9H2,1-2H3. The van der Waals surface area contributed by atoms with Crippen LogP contribution in [0.5, 0.6) is 11.5 Å². The SMILES string of the molecule is COc1cc(C(C)=O)ccc1OCc1ccc(C(F)(F)F)cc1C(F)(F)F. The van der Waals surface area contributed by atoms with Gasteiger partial charge in [0.1, 0.15) is 6.61 Å². The summed E-state index contributed by atoms with van der Waals surface area (Å²) in [7, 11) is 1.28. The maximum Gasteiger partial charge on any atom is 0.416 e. The number of hydrogen-bond acceptors (Lipinski definition) is 3. The van der Waals surface area contributed by atoms with Gasteiger partial charge in [-0.2, -0.15) is 26.3 Å². The maximum atomic E-state index is 13.1. The third-order valence-corrected chi connectivity index (χ3v) is 3.70. The van der Waals surface area contributed by atoms with E-state index in [0.717, 1.165) is 6.07 Å². The summed E-state index contributed by atoms with van der Waals surface area (Å²) in [5.74, 6) is -0.0827. The molecule has 3 nitrogen and oxygen atoms in total. The van der Waals surface area contributed by atoms with Gasteiger partial charge in [0.05, 0.1) is 18.2 Å². The molecule has 0 aromatic heterocycles. The van der Waals surface area contributed by atoms with E-state index >= 15 is 0 Å². The zero-order valence-electron chi connectivity index (χ0n) is 14.2. The molecule has 0 amide bonds. The molecule has 0 aliphatic rings. The molecule has 0 aliphatic heterocycles. The summed E-state index contributed by atoms with van der Waals surface area (Å²) in [6, 6.07) is 5.43. The molecule has 27 heavy (non-hydrogen) atoms. The molecular formula is C18H14F6O3. The van der Waals surface area contributed by atoms with Crippen LogP contribution in [0.3, 0.4) is 0 Å². The molecule has 0 atom stereocenters. The zero-order chi connectivity index (χ0) is 20.4. The zero-order valence-corrected chi connectivity index (χ0v) is 14.2. The molecule has 0 bridgehead atoms. The molecule has 2 aromatic carbocycles. The number of hydrogen-bond donors (Lipinski definition) is 0. The molecule has 9 heteroatoms. The molecule has 0 fully saturated rings. The van der Waals surface area contributed by atoms with Crippen LogP contribution in [0.15, 0.2) is 36.4 Å². The summed E-state index contributed by atoms with van der Waals surface area (Å²) in [4.78, 5) is 11.4. The van der Waals surface area contributed by atoms with Gasteiger partial charge in [-0.25, -0.2) is 0 Å². The molecule has 0 unspecified atom stereocenters. The number of benzene rings is 2. The highest BCUT2D eigenvalue weighted by Gasteiger charge is 2.38. The van der Waals surface area contributed by atoms with Crippen molar-refractivity contribution in [1.29, 1.82) is 0 Å². The summed E-state index contributed by atoms with van der Waals surface area (Å²) in [5, 5.41) is 0. The van der Waals surface area contributed by atoms with Gasteiger partial charge in [-0.15, -0.1) is 0 Å². The second-order valence-corrected chi connectivity index (χ2v) is 5.58. The van der Waals surface area contributed by atoms with Crippen molar-refractivity contribution in [2.45, 2.75) is 25.9 Å². The van der Waals surface area contributed by atoms with E-state index < -0.39 is 35.6 Å². The number of alkyl halides is 6. The summed E-state index contributed by atoms with van der Waals surface area (Å²) in [6.45, 7) is 0.690. The first-order chi connectivity index (χ1) is 12.4. The van der Waals surface area contributed by atoms with Crippen molar-refractivity contribution in [3.63, 3.8) is 0 Å². The van der Waals surface area contributed by atoms with Crippen molar-refractivity contribution < 1.29 is 40.6 Å². The minimum Gasteiger partial charge on any atom is -0.493 e. The lowest BCUT2D eigenvalue weighted by molar-refractivity contribution is -0.143. The fourth-order valence-electron chi connectivity index (χ4n) is 2.30. The molecule has 0 saturated heterocycles. The fraction of sp³-hybridized carbons (Fsp3) is 0.278. The Morgan fingerprint density at radius 1 is 0.926 bits per heavy atom. The lowest BCUT2D eigenvalue weighted by Gasteiger charge is -2.17. The van der Waals surface area contributed by atoms with Crippen LogP contribution in [-0.2, 0) is 19.0 Å². The topological polar surface area (TPSA) is 35.5 Å². The Hall–Kier alpha value is -2.71. The minimum atomic E-state index is -4.98. The summed E-state index contributed by atoms with van der Waals surface area (Å²) < 4.78 is 87.9. The van der Waals surface area contributed by atoms with Crippen LogP contribution in [0.25, 0.3) is 0 Å². The molecule has 146 valence electrons.